The molecule has 1 unspecified atom stereocenters. The van der Waals surface area contributed by atoms with Crippen molar-refractivity contribution in [3.8, 4) is 11.9 Å². The van der Waals surface area contributed by atoms with E-state index in [1.54, 1.807) is 16.8 Å². The summed E-state index contributed by atoms with van der Waals surface area (Å²) >= 11 is 12.0. The minimum Gasteiger partial charge on any atom is -0.360 e. The maximum Gasteiger partial charge on any atom is 0.162 e. The van der Waals surface area contributed by atoms with Crippen molar-refractivity contribution in [2.45, 2.75) is 13.0 Å². The standard InChI is InChI=1S/C18H11Cl2FN8/c1-9(18-26-8-27-29(18)13-3-2-10(5-22)6-23-13)28-17-11-4-12(19)15(21)14(20)16(11)24-7-25-17/h2-4,6-9H,1H3,(H,24,25,28). The lowest BCUT2D eigenvalue weighted by molar-refractivity contribution is 0.630. The van der Waals surface area contributed by atoms with Crippen LogP contribution in [0.5, 0.6) is 0 Å². The molecule has 8 nitrogen and oxygen atoms in total. The summed E-state index contributed by atoms with van der Waals surface area (Å²) in [5, 5.41) is 16.5. The highest BCUT2D eigenvalue weighted by atomic mass is 35.5. The number of nitriles is 1. The minimum atomic E-state index is -0.731. The largest absolute Gasteiger partial charge is 0.360 e. The summed E-state index contributed by atoms with van der Waals surface area (Å²) in [6, 6.07) is 6.38. The van der Waals surface area contributed by atoms with Gasteiger partial charge < -0.3 is 5.32 Å². The Kier molecular flexibility index (Phi) is 4.96. The van der Waals surface area contributed by atoms with Crippen molar-refractivity contribution < 1.29 is 4.39 Å². The van der Waals surface area contributed by atoms with Crippen LogP contribution in [0, 0.1) is 17.1 Å². The number of pyridine rings is 1. The molecular weight excluding hydrogens is 418 g/mol. The summed E-state index contributed by atoms with van der Waals surface area (Å²) in [6.07, 6.45) is 4.13. The first-order valence-corrected chi connectivity index (χ1v) is 9.06. The molecule has 1 aromatic carbocycles. The highest BCUT2D eigenvalue weighted by Crippen LogP contribution is 2.34. The minimum absolute atomic E-state index is 0.127. The monoisotopic (exact) mass is 428 g/mol. The summed E-state index contributed by atoms with van der Waals surface area (Å²) in [6.45, 7) is 1.85. The molecule has 0 aliphatic heterocycles. The smallest absolute Gasteiger partial charge is 0.162 e. The second-order valence-corrected chi connectivity index (χ2v) is 6.80. The summed E-state index contributed by atoms with van der Waals surface area (Å²) in [5.74, 6) is 0.734. The Labute approximate surface area is 174 Å². The van der Waals surface area contributed by atoms with Gasteiger partial charge in [0.1, 0.15) is 29.6 Å². The van der Waals surface area contributed by atoms with Crippen molar-refractivity contribution in [1.29, 1.82) is 5.26 Å². The molecule has 0 spiro atoms. The van der Waals surface area contributed by atoms with Crippen molar-refractivity contribution in [3.63, 3.8) is 0 Å². The Morgan fingerprint density at radius 3 is 2.72 bits per heavy atom. The van der Waals surface area contributed by atoms with Crippen molar-refractivity contribution in [1.82, 2.24) is 29.7 Å². The maximum atomic E-state index is 14.0. The Balaban J connectivity index is 1.70. The zero-order valence-corrected chi connectivity index (χ0v) is 16.3. The average molecular weight is 429 g/mol. The van der Waals surface area contributed by atoms with E-state index in [-0.39, 0.29) is 21.6 Å². The third-order valence-electron chi connectivity index (χ3n) is 4.17. The number of hydrogen-bond acceptors (Lipinski definition) is 7. The molecule has 0 bridgehead atoms. The predicted octanol–water partition coefficient (Wildman–Crippen LogP) is 4.10. The Morgan fingerprint density at radius 2 is 2.00 bits per heavy atom. The Morgan fingerprint density at radius 1 is 1.17 bits per heavy atom. The molecule has 0 aliphatic rings. The molecule has 3 aromatic heterocycles. The van der Waals surface area contributed by atoms with Gasteiger partial charge in [0.05, 0.1) is 22.1 Å². The van der Waals surface area contributed by atoms with E-state index in [0.29, 0.717) is 28.4 Å². The number of hydrogen-bond donors (Lipinski definition) is 1. The lowest BCUT2D eigenvalue weighted by Crippen LogP contribution is -2.15. The van der Waals surface area contributed by atoms with Crippen LogP contribution in [0.15, 0.2) is 37.1 Å². The van der Waals surface area contributed by atoms with E-state index < -0.39 is 5.82 Å². The van der Waals surface area contributed by atoms with Crippen molar-refractivity contribution in [2.75, 3.05) is 5.32 Å². The second-order valence-electron chi connectivity index (χ2n) is 6.02. The van der Waals surface area contributed by atoms with Gasteiger partial charge >= 0.3 is 0 Å². The molecule has 1 N–H and O–H groups in total. The summed E-state index contributed by atoms with van der Waals surface area (Å²) in [7, 11) is 0. The average Bonchev–Trinajstić information content (AvgIpc) is 3.23. The zero-order chi connectivity index (χ0) is 20.5. The zero-order valence-electron chi connectivity index (χ0n) is 14.8. The first-order chi connectivity index (χ1) is 14.0. The number of anilines is 1. The van der Waals surface area contributed by atoms with Crippen LogP contribution in [0.2, 0.25) is 10.0 Å². The Hall–Kier alpha value is -3.35. The number of nitrogens with zero attached hydrogens (tertiary/aromatic N) is 7. The lowest BCUT2D eigenvalue weighted by atomic mass is 10.2. The van der Waals surface area contributed by atoms with Gasteiger partial charge in [0.2, 0.25) is 0 Å². The van der Waals surface area contributed by atoms with Crippen LogP contribution in [0.4, 0.5) is 10.2 Å². The molecule has 0 saturated heterocycles. The molecule has 4 aromatic rings. The van der Waals surface area contributed by atoms with E-state index in [9.17, 15) is 4.39 Å². The summed E-state index contributed by atoms with van der Waals surface area (Å²) < 4.78 is 15.5. The highest BCUT2D eigenvalue weighted by molar-refractivity contribution is 6.38. The van der Waals surface area contributed by atoms with Gasteiger partial charge in [-0.1, -0.05) is 23.2 Å². The van der Waals surface area contributed by atoms with Gasteiger partial charge in [-0.3, -0.25) is 0 Å². The van der Waals surface area contributed by atoms with Crippen molar-refractivity contribution in [2.24, 2.45) is 0 Å². The molecule has 11 heteroatoms. The fraction of sp³-hybridized carbons (Fsp3) is 0.111. The molecule has 0 radical (unpaired) electrons. The van der Waals surface area contributed by atoms with E-state index >= 15 is 0 Å². The third kappa shape index (κ3) is 3.44. The van der Waals surface area contributed by atoms with Crippen LogP contribution in [0.3, 0.4) is 0 Å². The number of nitrogens with one attached hydrogen (secondary N) is 1. The molecule has 1 atom stereocenters. The van der Waals surface area contributed by atoms with E-state index in [0.717, 1.165) is 0 Å². The molecule has 144 valence electrons. The summed E-state index contributed by atoms with van der Waals surface area (Å²) in [5.41, 5.74) is 0.684. The lowest BCUT2D eigenvalue weighted by Gasteiger charge is -2.16. The molecule has 0 amide bonds. The molecule has 0 aliphatic carbocycles. The van der Waals surface area contributed by atoms with Gasteiger partial charge in [-0.2, -0.15) is 15.0 Å². The molecule has 0 saturated carbocycles. The van der Waals surface area contributed by atoms with Gasteiger partial charge in [0, 0.05) is 11.6 Å². The van der Waals surface area contributed by atoms with Gasteiger partial charge in [0.25, 0.3) is 0 Å². The normalized spacial score (nSPS) is 12.0. The SMILES string of the molecule is CC(Nc1ncnc2c(Cl)c(F)c(Cl)cc12)c1ncnn1-c1ccc(C#N)cn1. The van der Waals surface area contributed by atoms with Gasteiger partial charge in [0.15, 0.2) is 17.5 Å². The van der Waals surface area contributed by atoms with Crippen LogP contribution in [0.1, 0.15) is 24.4 Å². The second kappa shape index (κ2) is 7.58. The van der Waals surface area contributed by atoms with E-state index in [1.165, 1.54) is 24.9 Å². The topological polar surface area (TPSA) is 105 Å². The number of benzene rings is 1. The van der Waals surface area contributed by atoms with E-state index in [2.05, 4.69) is 30.4 Å². The first-order valence-electron chi connectivity index (χ1n) is 8.30. The van der Waals surface area contributed by atoms with Crippen LogP contribution >= 0.6 is 23.2 Å². The van der Waals surface area contributed by atoms with Gasteiger partial charge in [-0.15, -0.1) is 0 Å². The van der Waals surface area contributed by atoms with Crippen molar-refractivity contribution in [3.05, 3.63) is 64.3 Å². The number of aromatic nitrogens is 6. The van der Waals surface area contributed by atoms with E-state index in [1.807, 2.05) is 13.0 Å². The first kappa shape index (κ1) is 19.0. The highest BCUT2D eigenvalue weighted by Gasteiger charge is 2.19. The molecule has 3 heterocycles. The van der Waals surface area contributed by atoms with E-state index in [4.69, 9.17) is 28.5 Å². The van der Waals surface area contributed by atoms with Crippen LogP contribution in [-0.4, -0.2) is 29.7 Å². The van der Waals surface area contributed by atoms with Crippen molar-refractivity contribution >= 4 is 39.9 Å². The van der Waals surface area contributed by atoms with Crippen LogP contribution in [0.25, 0.3) is 16.7 Å². The predicted molar refractivity (Wildman–Crippen MR) is 105 cm³/mol. The molecule has 4 rings (SSSR count). The number of rotatable bonds is 4. The van der Waals surface area contributed by atoms with Gasteiger partial charge in [-0.05, 0) is 25.1 Å². The third-order valence-corrected chi connectivity index (χ3v) is 4.79. The molecular formula is C18H11Cl2FN8. The fourth-order valence-electron chi connectivity index (χ4n) is 2.79. The summed E-state index contributed by atoms with van der Waals surface area (Å²) in [4.78, 5) is 16.8. The molecule has 29 heavy (non-hydrogen) atoms. The van der Waals surface area contributed by atoms with Crippen LogP contribution in [-0.2, 0) is 0 Å². The fourth-order valence-corrected chi connectivity index (χ4v) is 3.29. The van der Waals surface area contributed by atoms with Crippen LogP contribution < -0.4 is 5.32 Å². The Bertz CT molecular complexity index is 1250. The maximum absolute atomic E-state index is 14.0. The van der Waals surface area contributed by atoms with Gasteiger partial charge in [-0.25, -0.2) is 24.3 Å². The number of halogens is 3. The quantitative estimate of drug-likeness (QED) is 0.487. The number of fused-ring (bicyclic) bond motifs is 1. The molecule has 0 fully saturated rings.